The predicted octanol–water partition coefficient (Wildman–Crippen LogP) is 2.44. The first kappa shape index (κ1) is 15.8. The SMILES string of the molecule is CC(C)C=O.O=Cc1ccc(C=CC(=O)O)cc1. The van der Waals surface area contributed by atoms with E-state index in [0.29, 0.717) is 5.56 Å². The molecule has 1 N–H and O–H groups in total. The number of carbonyl (C=O) groups excluding carboxylic acids is 2. The van der Waals surface area contributed by atoms with Gasteiger partial charge in [0.05, 0.1) is 0 Å². The van der Waals surface area contributed by atoms with Gasteiger partial charge in [-0.25, -0.2) is 4.79 Å². The summed E-state index contributed by atoms with van der Waals surface area (Å²) < 4.78 is 0. The van der Waals surface area contributed by atoms with Gasteiger partial charge in [0.15, 0.2) is 0 Å². The molecule has 0 spiro atoms. The van der Waals surface area contributed by atoms with E-state index < -0.39 is 5.97 Å². The summed E-state index contributed by atoms with van der Waals surface area (Å²) in [7, 11) is 0. The quantitative estimate of drug-likeness (QED) is 0.656. The second kappa shape index (κ2) is 8.87. The number of carboxylic acids is 1. The van der Waals surface area contributed by atoms with Crippen LogP contribution in [0.15, 0.2) is 30.3 Å². The van der Waals surface area contributed by atoms with Gasteiger partial charge in [-0.1, -0.05) is 38.1 Å². The number of carbonyl (C=O) groups is 3. The number of aliphatic carboxylic acids is 1. The first-order chi connectivity index (χ1) is 8.49. The Kier molecular flexibility index (Phi) is 7.77. The molecule has 0 amide bonds. The van der Waals surface area contributed by atoms with Crippen LogP contribution in [0.2, 0.25) is 0 Å². The molecule has 0 radical (unpaired) electrons. The fraction of sp³-hybridized carbons (Fsp3) is 0.214. The number of benzene rings is 1. The zero-order chi connectivity index (χ0) is 14.0. The first-order valence-corrected chi connectivity index (χ1v) is 5.41. The van der Waals surface area contributed by atoms with Gasteiger partial charge in [-0.3, -0.25) is 4.79 Å². The molecule has 18 heavy (non-hydrogen) atoms. The molecule has 0 aliphatic rings. The summed E-state index contributed by atoms with van der Waals surface area (Å²) in [5, 5.41) is 8.33. The summed E-state index contributed by atoms with van der Waals surface area (Å²) in [4.78, 5) is 29.9. The molecule has 0 bridgehead atoms. The highest BCUT2D eigenvalue weighted by molar-refractivity contribution is 5.85. The minimum absolute atomic E-state index is 0.204. The first-order valence-electron chi connectivity index (χ1n) is 5.41. The van der Waals surface area contributed by atoms with Gasteiger partial charge < -0.3 is 9.90 Å². The summed E-state index contributed by atoms with van der Waals surface area (Å²) in [6.07, 6.45) is 4.18. The molecule has 96 valence electrons. The van der Waals surface area contributed by atoms with Crippen molar-refractivity contribution in [2.24, 2.45) is 5.92 Å². The van der Waals surface area contributed by atoms with E-state index in [9.17, 15) is 14.4 Å². The monoisotopic (exact) mass is 248 g/mol. The Hall–Kier alpha value is -2.23. The van der Waals surface area contributed by atoms with E-state index in [-0.39, 0.29) is 5.92 Å². The maximum absolute atomic E-state index is 10.3. The van der Waals surface area contributed by atoms with Gasteiger partial charge in [0.25, 0.3) is 0 Å². The molecule has 1 rings (SSSR count). The molecular weight excluding hydrogens is 232 g/mol. The van der Waals surface area contributed by atoms with Gasteiger partial charge in [-0.2, -0.15) is 0 Å². The molecule has 1 aromatic carbocycles. The van der Waals surface area contributed by atoms with E-state index in [1.165, 1.54) is 6.08 Å². The number of rotatable bonds is 4. The lowest BCUT2D eigenvalue weighted by Crippen LogP contribution is -1.85. The van der Waals surface area contributed by atoms with Crippen LogP contribution in [-0.2, 0) is 9.59 Å². The molecule has 0 aliphatic heterocycles. The summed E-state index contributed by atoms with van der Waals surface area (Å²) in [6, 6.07) is 6.63. The molecular formula is C14H16O4. The number of hydrogen-bond acceptors (Lipinski definition) is 3. The molecule has 0 atom stereocenters. The lowest BCUT2D eigenvalue weighted by Gasteiger charge is -1.92. The molecule has 4 nitrogen and oxygen atoms in total. The average molecular weight is 248 g/mol. The van der Waals surface area contributed by atoms with Crippen LogP contribution in [0.25, 0.3) is 6.08 Å². The minimum Gasteiger partial charge on any atom is -0.478 e. The Morgan fingerprint density at radius 2 is 1.56 bits per heavy atom. The number of carboxylic acid groups (broad SMARTS) is 1. The standard InChI is InChI=1S/C10H8O3.C4H8O/c11-7-9-3-1-8(2-4-9)5-6-10(12)13;1-4(2)3-5/h1-7H,(H,12,13);3-4H,1-2H3. The van der Waals surface area contributed by atoms with Crippen molar-refractivity contribution in [2.75, 3.05) is 0 Å². The fourth-order valence-electron chi connectivity index (χ4n) is 0.853. The molecule has 0 unspecified atom stereocenters. The van der Waals surface area contributed by atoms with Gasteiger partial charge in [0.2, 0.25) is 0 Å². The topological polar surface area (TPSA) is 71.4 Å². The lowest BCUT2D eigenvalue weighted by atomic mass is 10.1. The van der Waals surface area contributed by atoms with Crippen molar-refractivity contribution in [3.63, 3.8) is 0 Å². The Bertz CT molecular complexity index is 416. The van der Waals surface area contributed by atoms with Crippen LogP contribution in [0.3, 0.4) is 0 Å². The fourth-order valence-corrected chi connectivity index (χ4v) is 0.853. The second-order valence-electron chi connectivity index (χ2n) is 3.84. The molecule has 0 aromatic heterocycles. The van der Waals surface area contributed by atoms with E-state index in [1.807, 2.05) is 13.8 Å². The smallest absolute Gasteiger partial charge is 0.328 e. The Morgan fingerprint density at radius 3 is 1.89 bits per heavy atom. The van der Waals surface area contributed by atoms with Crippen molar-refractivity contribution in [1.82, 2.24) is 0 Å². The molecule has 0 aliphatic carbocycles. The highest BCUT2D eigenvalue weighted by Gasteiger charge is 1.90. The van der Waals surface area contributed by atoms with Crippen LogP contribution in [0.1, 0.15) is 29.8 Å². The van der Waals surface area contributed by atoms with Crippen LogP contribution < -0.4 is 0 Å². The predicted molar refractivity (Wildman–Crippen MR) is 69.4 cm³/mol. The van der Waals surface area contributed by atoms with Crippen LogP contribution >= 0.6 is 0 Å². The van der Waals surface area contributed by atoms with E-state index in [1.54, 1.807) is 24.3 Å². The Balaban J connectivity index is 0.000000494. The summed E-state index contributed by atoms with van der Waals surface area (Å²) in [6.45, 7) is 3.71. The third kappa shape index (κ3) is 7.98. The second-order valence-corrected chi connectivity index (χ2v) is 3.84. The highest BCUT2D eigenvalue weighted by Crippen LogP contribution is 2.04. The third-order valence-electron chi connectivity index (χ3n) is 1.76. The number of hydrogen-bond donors (Lipinski definition) is 1. The van der Waals surface area contributed by atoms with Gasteiger partial charge in [0.1, 0.15) is 12.6 Å². The van der Waals surface area contributed by atoms with Crippen molar-refractivity contribution in [1.29, 1.82) is 0 Å². The summed E-state index contributed by atoms with van der Waals surface area (Å²) >= 11 is 0. The Labute approximate surface area is 106 Å². The molecule has 0 saturated carbocycles. The van der Waals surface area contributed by atoms with E-state index >= 15 is 0 Å². The molecule has 1 aromatic rings. The number of aldehydes is 2. The maximum atomic E-state index is 10.3. The van der Waals surface area contributed by atoms with Crippen LogP contribution in [-0.4, -0.2) is 23.6 Å². The van der Waals surface area contributed by atoms with Gasteiger partial charge in [-0.15, -0.1) is 0 Å². The zero-order valence-electron chi connectivity index (χ0n) is 10.4. The largest absolute Gasteiger partial charge is 0.478 e. The lowest BCUT2D eigenvalue weighted by molar-refractivity contribution is -0.131. The van der Waals surface area contributed by atoms with E-state index in [4.69, 9.17) is 5.11 Å². The average Bonchev–Trinajstić information content (AvgIpc) is 2.37. The summed E-state index contributed by atoms with van der Waals surface area (Å²) in [5.74, 6) is -0.783. The molecule has 0 fully saturated rings. The van der Waals surface area contributed by atoms with E-state index in [2.05, 4.69) is 0 Å². The summed E-state index contributed by atoms with van der Waals surface area (Å²) in [5.41, 5.74) is 1.33. The van der Waals surface area contributed by atoms with E-state index in [0.717, 1.165) is 24.2 Å². The zero-order valence-corrected chi connectivity index (χ0v) is 10.4. The molecule has 0 heterocycles. The van der Waals surface area contributed by atoms with Crippen LogP contribution in [0.4, 0.5) is 0 Å². The van der Waals surface area contributed by atoms with Gasteiger partial charge in [0, 0.05) is 17.6 Å². The van der Waals surface area contributed by atoms with Gasteiger partial charge >= 0.3 is 5.97 Å². The van der Waals surface area contributed by atoms with Crippen LogP contribution in [0.5, 0.6) is 0 Å². The van der Waals surface area contributed by atoms with Crippen molar-refractivity contribution in [2.45, 2.75) is 13.8 Å². The normalized spacial score (nSPS) is 9.72. The van der Waals surface area contributed by atoms with Crippen molar-refractivity contribution in [3.8, 4) is 0 Å². The van der Waals surface area contributed by atoms with Crippen molar-refractivity contribution < 1.29 is 19.5 Å². The molecule has 0 saturated heterocycles. The maximum Gasteiger partial charge on any atom is 0.328 e. The minimum atomic E-state index is -0.987. The highest BCUT2D eigenvalue weighted by atomic mass is 16.4. The van der Waals surface area contributed by atoms with Crippen molar-refractivity contribution >= 4 is 24.6 Å². The Morgan fingerprint density at radius 1 is 1.11 bits per heavy atom. The van der Waals surface area contributed by atoms with Gasteiger partial charge in [-0.05, 0) is 11.6 Å². The third-order valence-corrected chi connectivity index (χ3v) is 1.76. The molecule has 4 heteroatoms. The van der Waals surface area contributed by atoms with Crippen LogP contribution in [0, 0.1) is 5.92 Å². The van der Waals surface area contributed by atoms with Crippen molar-refractivity contribution in [3.05, 3.63) is 41.5 Å².